The molecule has 2 heterocycles. The second-order valence-corrected chi connectivity index (χ2v) is 8.58. The highest BCUT2D eigenvalue weighted by molar-refractivity contribution is 7.91. The van der Waals surface area contributed by atoms with Gasteiger partial charge in [0.1, 0.15) is 4.21 Å². The molecule has 1 aromatic rings. The Morgan fingerprint density at radius 1 is 1.48 bits per heavy atom. The summed E-state index contributed by atoms with van der Waals surface area (Å²) in [6.07, 6.45) is 1.77. The van der Waals surface area contributed by atoms with E-state index in [1.807, 2.05) is 0 Å². The molecule has 0 radical (unpaired) electrons. The summed E-state index contributed by atoms with van der Waals surface area (Å²) in [5.41, 5.74) is 0. The summed E-state index contributed by atoms with van der Waals surface area (Å²) in [6.45, 7) is 1.52. The van der Waals surface area contributed by atoms with E-state index in [2.05, 4.69) is 10.0 Å². The smallest absolute Gasteiger partial charge is 0.250 e. The molecule has 0 unspecified atom stereocenters. The Morgan fingerprint density at radius 2 is 2.14 bits per heavy atom. The minimum atomic E-state index is -3.67. The number of sulfonamides is 1. The van der Waals surface area contributed by atoms with Crippen LogP contribution in [0.1, 0.15) is 12.8 Å². The van der Waals surface area contributed by atoms with E-state index in [1.165, 1.54) is 12.1 Å². The van der Waals surface area contributed by atoms with E-state index in [9.17, 15) is 13.2 Å². The van der Waals surface area contributed by atoms with E-state index in [-0.39, 0.29) is 22.7 Å². The summed E-state index contributed by atoms with van der Waals surface area (Å²) < 4.78 is 26.9. The van der Waals surface area contributed by atoms with Crippen molar-refractivity contribution >= 4 is 38.9 Å². The molecule has 1 amide bonds. The lowest BCUT2D eigenvalue weighted by Gasteiger charge is -2.31. The molecule has 6 nitrogen and oxygen atoms in total. The highest BCUT2D eigenvalue weighted by atomic mass is 35.5. The van der Waals surface area contributed by atoms with E-state index in [0.717, 1.165) is 37.3 Å². The van der Waals surface area contributed by atoms with Crippen LogP contribution < -0.4 is 10.0 Å². The summed E-state index contributed by atoms with van der Waals surface area (Å²) in [5, 5.41) is 3.23. The van der Waals surface area contributed by atoms with Crippen LogP contribution in [0.15, 0.2) is 16.3 Å². The van der Waals surface area contributed by atoms with Gasteiger partial charge in [0.05, 0.1) is 10.9 Å². The number of piperidine rings is 1. The van der Waals surface area contributed by atoms with E-state index in [1.54, 1.807) is 11.9 Å². The Hall–Kier alpha value is -0.670. The number of nitrogens with zero attached hydrogens (tertiary/aromatic N) is 1. The van der Waals surface area contributed by atoms with Gasteiger partial charge in [-0.2, -0.15) is 0 Å². The minimum absolute atomic E-state index is 0.116. The van der Waals surface area contributed by atoms with Crippen molar-refractivity contribution in [3.8, 4) is 0 Å². The predicted molar refractivity (Wildman–Crippen MR) is 83.2 cm³/mol. The van der Waals surface area contributed by atoms with Crippen LogP contribution in [0, 0.1) is 0 Å². The molecule has 0 aliphatic carbocycles. The maximum absolute atomic E-state index is 12.1. The van der Waals surface area contributed by atoms with Gasteiger partial charge in [-0.3, -0.25) is 4.79 Å². The van der Waals surface area contributed by atoms with E-state index >= 15 is 0 Å². The van der Waals surface area contributed by atoms with Crippen LogP contribution >= 0.6 is 22.9 Å². The molecule has 2 N–H and O–H groups in total. The number of likely N-dealkylation sites (N-methyl/N-ethyl adjacent to an activating group) is 1. The van der Waals surface area contributed by atoms with Crippen molar-refractivity contribution in [2.24, 2.45) is 0 Å². The molecule has 0 spiro atoms. The van der Waals surface area contributed by atoms with Crippen molar-refractivity contribution in [1.82, 2.24) is 14.9 Å². The fourth-order valence-corrected chi connectivity index (χ4v) is 4.69. The summed E-state index contributed by atoms with van der Waals surface area (Å²) in [4.78, 5) is 13.7. The Bertz CT molecular complexity index is 597. The topological polar surface area (TPSA) is 78.5 Å². The number of hydrogen-bond donors (Lipinski definition) is 2. The largest absolute Gasteiger partial charge is 0.342 e. The zero-order valence-electron chi connectivity index (χ0n) is 11.6. The number of nitrogens with one attached hydrogen (secondary N) is 2. The fourth-order valence-electron chi connectivity index (χ4n) is 2.19. The Kier molecular flexibility index (Phi) is 5.61. The Labute approximate surface area is 133 Å². The quantitative estimate of drug-likeness (QED) is 0.825. The van der Waals surface area contributed by atoms with Crippen LogP contribution in [0.5, 0.6) is 0 Å². The number of amides is 1. The van der Waals surface area contributed by atoms with Crippen molar-refractivity contribution in [2.75, 3.05) is 26.7 Å². The fraction of sp³-hybridized carbons (Fsp3) is 0.583. The second-order valence-electron chi connectivity index (χ2n) is 4.87. The zero-order valence-corrected chi connectivity index (χ0v) is 14.0. The third-order valence-corrected chi connectivity index (χ3v) is 6.60. The number of hydrogen-bond acceptors (Lipinski definition) is 5. The number of halogens is 1. The van der Waals surface area contributed by atoms with Crippen molar-refractivity contribution in [1.29, 1.82) is 0 Å². The lowest BCUT2D eigenvalue weighted by Crippen LogP contribution is -2.47. The molecule has 21 heavy (non-hydrogen) atoms. The predicted octanol–water partition coefficient (Wildman–Crippen LogP) is 0.890. The third kappa shape index (κ3) is 4.40. The molecule has 0 saturated carbocycles. The number of carbonyl (C=O) groups excluding carboxylic acids is 1. The molecule has 9 heteroatoms. The Balaban J connectivity index is 1.91. The maximum atomic E-state index is 12.1. The molecular weight excluding hydrogens is 334 g/mol. The van der Waals surface area contributed by atoms with Crippen molar-refractivity contribution < 1.29 is 13.2 Å². The standard InChI is InChI=1S/C12H18ClN3O3S2/c1-16(9-4-6-14-7-5-9)11(17)8-15-21(18,19)12-3-2-10(13)20-12/h2-3,9,14-15H,4-8H2,1H3. The van der Waals surface area contributed by atoms with Crippen LogP contribution in [0.4, 0.5) is 0 Å². The molecule has 1 aliphatic heterocycles. The van der Waals surface area contributed by atoms with Crippen molar-refractivity contribution in [3.05, 3.63) is 16.5 Å². The van der Waals surface area contributed by atoms with Crippen molar-refractivity contribution in [3.63, 3.8) is 0 Å². The SMILES string of the molecule is CN(C(=O)CNS(=O)(=O)c1ccc(Cl)s1)C1CCNCC1. The first kappa shape index (κ1) is 16.7. The third-order valence-electron chi connectivity index (χ3n) is 3.48. The van der Waals surface area contributed by atoms with Gasteiger partial charge in [-0.1, -0.05) is 11.6 Å². The lowest BCUT2D eigenvalue weighted by atomic mass is 10.1. The first-order valence-corrected chi connectivity index (χ1v) is 9.29. The average molecular weight is 352 g/mol. The van der Waals surface area contributed by atoms with E-state index in [0.29, 0.717) is 4.34 Å². The second kappa shape index (κ2) is 7.06. The molecule has 0 bridgehead atoms. The molecule has 1 fully saturated rings. The Morgan fingerprint density at radius 3 is 2.71 bits per heavy atom. The summed E-state index contributed by atoms with van der Waals surface area (Å²) in [6, 6.07) is 3.11. The molecule has 2 rings (SSSR count). The van der Waals surface area contributed by atoms with E-state index in [4.69, 9.17) is 11.6 Å². The molecule has 118 valence electrons. The summed E-state index contributed by atoms with van der Waals surface area (Å²) in [7, 11) is -1.96. The normalized spacial score (nSPS) is 16.9. The first-order chi connectivity index (χ1) is 9.90. The monoisotopic (exact) mass is 351 g/mol. The van der Waals surface area contributed by atoms with Gasteiger partial charge in [0.15, 0.2) is 0 Å². The van der Waals surface area contributed by atoms with Crippen LogP contribution in [-0.4, -0.2) is 51.9 Å². The molecule has 1 aliphatic rings. The van der Waals surface area contributed by atoms with Gasteiger partial charge < -0.3 is 10.2 Å². The molecule has 1 aromatic heterocycles. The lowest BCUT2D eigenvalue weighted by molar-refractivity contribution is -0.131. The van der Waals surface area contributed by atoms with Gasteiger partial charge in [0.2, 0.25) is 5.91 Å². The summed E-state index contributed by atoms with van der Waals surface area (Å²) >= 11 is 6.69. The maximum Gasteiger partial charge on any atom is 0.250 e. The number of carbonyl (C=O) groups is 1. The van der Waals surface area contributed by atoms with Gasteiger partial charge in [-0.05, 0) is 38.1 Å². The number of thiophene rings is 1. The van der Waals surface area contributed by atoms with Gasteiger partial charge in [0, 0.05) is 13.1 Å². The molecular formula is C12H18ClN3O3S2. The first-order valence-electron chi connectivity index (χ1n) is 6.61. The van der Waals surface area contributed by atoms with Gasteiger partial charge in [-0.25, -0.2) is 13.1 Å². The summed E-state index contributed by atoms with van der Waals surface area (Å²) in [5.74, 6) is -0.229. The van der Waals surface area contributed by atoms with Crippen LogP contribution in [0.25, 0.3) is 0 Å². The number of rotatable bonds is 5. The van der Waals surface area contributed by atoms with Crippen LogP contribution in [-0.2, 0) is 14.8 Å². The molecule has 0 aromatic carbocycles. The van der Waals surface area contributed by atoms with Crippen molar-refractivity contribution in [2.45, 2.75) is 23.1 Å². The van der Waals surface area contributed by atoms with Gasteiger partial charge in [-0.15, -0.1) is 11.3 Å². The molecule has 0 atom stereocenters. The average Bonchev–Trinajstić information content (AvgIpc) is 2.92. The highest BCUT2D eigenvalue weighted by Gasteiger charge is 2.24. The zero-order chi connectivity index (χ0) is 15.5. The van der Waals surface area contributed by atoms with E-state index < -0.39 is 10.0 Å². The van der Waals surface area contributed by atoms with Crippen LogP contribution in [0.3, 0.4) is 0 Å². The molecule has 1 saturated heterocycles. The van der Waals surface area contributed by atoms with Gasteiger partial charge >= 0.3 is 0 Å². The minimum Gasteiger partial charge on any atom is -0.342 e. The van der Waals surface area contributed by atoms with Crippen LogP contribution in [0.2, 0.25) is 4.34 Å². The highest BCUT2D eigenvalue weighted by Crippen LogP contribution is 2.25. The van der Waals surface area contributed by atoms with Gasteiger partial charge in [0.25, 0.3) is 10.0 Å².